The van der Waals surface area contributed by atoms with Gasteiger partial charge < -0.3 is 24.5 Å². The van der Waals surface area contributed by atoms with Crippen molar-refractivity contribution < 1.29 is 24.5 Å². The summed E-state index contributed by atoms with van der Waals surface area (Å²) >= 11 is 0. The zero-order valence-electron chi connectivity index (χ0n) is 10.1. The van der Waals surface area contributed by atoms with Gasteiger partial charge in [0.25, 0.3) is 0 Å². The summed E-state index contributed by atoms with van der Waals surface area (Å²) in [6.07, 6.45) is 0.0507. The second kappa shape index (κ2) is 3.72. The van der Waals surface area contributed by atoms with Crippen LogP contribution in [0.2, 0.25) is 0 Å². The first-order chi connectivity index (χ1) is 8.87. The van der Waals surface area contributed by atoms with Crippen molar-refractivity contribution in [2.45, 2.75) is 25.7 Å². The SMILES string of the molecule is CC1(O)Cc2oc3cc(O)c(O)cc3c(=O)c2CO1. The van der Waals surface area contributed by atoms with Crippen LogP contribution in [0.25, 0.3) is 11.0 Å². The largest absolute Gasteiger partial charge is 0.504 e. The number of hydrogen-bond donors (Lipinski definition) is 3. The van der Waals surface area contributed by atoms with Gasteiger partial charge in [-0.3, -0.25) is 4.79 Å². The maximum Gasteiger partial charge on any atom is 0.198 e. The molecule has 1 unspecified atom stereocenters. The molecule has 1 atom stereocenters. The Kier molecular flexibility index (Phi) is 2.35. The van der Waals surface area contributed by atoms with Crippen molar-refractivity contribution in [2.75, 3.05) is 0 Å². The Hall–Kier alpha value is -2.05. The minimum absolute atomic E-state index is 0.0507. The van der Waals surface area contributed by atoms with Crippen LogP contribution in [0.4, 0.5) is 0 Å². The van der Waals surface area contributed by atoms with Gasteiger partial charge >= 0.3 is 0 Å². The number of aromatic hydroxyl groups is 2. The molecule has 1 aliphatic heterocycles. The van der Waals surface area contributed by atoms with Crippen LogP contribution in [0.1, 0.15) is 18.2 Å². The summed E-state index contributed by atoms with van der Waals surface area (Å²) in [7, 11) is 0. The molecule has 0 fully saturated rings. The fraction of sp³-hybridized carbons (Fsp3) is 0.308. The Labute approximate surface area is 107 Å². The summed E-state index contributed by atoms with van der Waals surface area (Å²) in [5, 5.41) is 28.8. The lowest BCUT2D eigenvalue weighted by Gasteiger charge is -2.28. The van der Waals surface area contributed by atoms with E-state index in [1.54, 1.807) is 0 Å². The average Bonchev–Trinajstić information content (AvgIpc) is 2.31. The van der Waals surface area contributed by atoms with Crippen LogP contribution in [-0.2, 0) is 17.8 Å². The predicted molar refractivity (Wildman–Crippen MR) is 64.9 cm³/mol. The van der Waals surface area contributed by atoms with Crippen LogP contribution in [0.5, 0.6) is 11.5 Å². The van der Waals surface area contributed by atoms with Gasteiger partial charge in [-0.15, -0.1) is 0 Å². The first kappa shape index (κ1) is 12.0. The lowest BCUT2D eigenvalue weighted by atomic mass is 10.0. The molecule has 2 heterocycles. The van der Waals surface area contributed by atoms with Gasteiger partial charge in [-0.1, -0.05) is 0 Å². The standard InChI is InChI=1S/C13H12O6/c1-13(17)4-11-7(5-18-13)12(16)6-2-8(14)9(15)3-10(6)19-11/h2-3,14-15,17H,4-5H2,1H3. The number of phenols is 2. The quantitative estimate of drug-likeness (QED) is 0.613. The van der Waals surface area contributed by atoms with E-state index in [4.69, 9.17) is 9.15 Å². The van der Waals surface area contributed by atoms with Crippen LogP contribution in [0.3, 0.4) is 0 Å². The van der Waals surface area contributed by atoms with Gasteiger partial charge in [0.15, 0.2) is 22.7 Å². The van der Waals surface area contributed by atoms with E-state index < -0.39 is 5.79 Å². The highest BCUT2D eigenvalue weighted by molar-refractivity contribution is 5.81. The van der Waals surface area contributed by atoms with Gasteiger partial charge in [0.2, 0.25) is 0 Å². The topological polar surface area (TPSA) is 100 Å². The van der Waals surface area contributed by atoms with E-state index in [9.17, 15) is 20.1 Å². The first-order valence-electron chi connectivity index (χ1n) is 5.74. The maximum absolute atomic E-state index is 12.2. The number of hydrogen-bond acceptors (Lipinski definition) is 6. The minimum Gasteiger partial charge on any atom is -0.504 e. The summed E-state index contributed by atoms with van der Waals surface area (Å²) in [6.45, 7) is 1.43. The number of ether oxygens (including phenoxy) is 1. The summed E-state index contributed by atoms with van der Waals surface area (Å²) in [4.78, 5) is 12.2. The third-order valence-electron chi connectivity index (χ3n) is 3.18. The Morgan fingerprint density at radius 3 is 2.68 bits per heavy atom. The number of fused-ring (bicyclic) bond motifs is 2. The molecule has 1 aromatic heterocycles. The van der Waals surface area contributed by atoms with E-state index in [1.165, 1.54) is 13.0 Å². The number of benzene rings is 1. The zero-order valence-corrected chi connectivity index (χ0v) is 10.1. The minimum atomic E-state index is -1.38. The van der Waals surface area contributed by atoms with Crippen LogP contribution in [0, 0.1) is 0 Å². The van der Waals surface area contributed by atoms with Crippen molar-refractivity contribution in [1.82, 2.24) is 0 Å². The highest BCUT2D eigenvalue weighted by Gasteiger charge is 2.32. The smallest absolute Gasteiger partial charge is 0.198 e. The Morgan fingerprint density at radius 1 is 1.26 bits per heavy atom. The highest BCUT2D eigenvalue weighted by atomic mass is 16.6. The number of rotatable bonds is 0. The Bertz CT molecular complexity index is 728. The van der Waals surface area contributed by atoms with Crippen LogP contribution in [0.15, 0.2) is 21.3 Å². The molecule has 100 valence electrons. The molecule has 6 nitrogen and oxygen atoms in total. The maximum atomic E-state index is 12.2. The molecule has 2 aromatic rings. The van der Waals surface area contributed by atoms with Crippen LogP contribution >= 0.6 is 0 Å². The van der Waals surface area contributed by atoms with E-state index in [0.717, 1.165) is 6.07 Å². The second-order valence-corrected chi connectivity index (χ2v) is 4.81. The summed E-state index contributed by atoms with van der Waals surface area (Å²) in [6, 6.07) is 2.33. The van der Waals surface area contributed by atoms with Crippen LogP contribution < -0.4 is 5.43 Å². The van der Waals surface area contributed by atoms with Gasteiger partial charge in [0, 0.05) is 6.07 Å². The molecule has 0 saturated heterocycles. The molecule has 1 aliphatic rings. The zero-order chi connectivity index (χ0) is 13.8. The molecule has 0 amide bonds. The molecule has 0 saturated carbocycles. The number of phenolic OH excluding ortho intramolecular Hbond substituents is 2. The van der Waals surface area contributed by atoms with Gasteiger partial charge in [0.1, 0.15) is 11.3 Å². The highest BCUT2D eigenvalue weighted by Crippen LogP contribution is 2.32. The number of aliphatic hydroxyl groups is 1. The molecule has 0 radical (unpaired) electrons. The van der Waals surface area contributed by atoms with E-state index >= 15 is 0 Å². The normalized spacial score (nSPS) is 22.4. The summed E-state index contributed by atoms with van der Waals surface area (Å²) in [5.74, 6) is -1.80. The second-order valence-electron chi connectivity index (χ2n) is 4.81. The van der Waals surface area contributed by atoms with Gasteiger partial charge in [-0.2, -0.15) is 0 Å². The van der Waals surface area contributed by atoms with Crippen molar-refractivity contribution >= 4 is 11.0 Å². The third-order valence-corrected chi connectivity index (χ3v) is 3.18. The van der Waals surface area contributed by atoms with Crippen molar-refractivity contribution in [3.05, 3.63) is 33.7 Å². The molecule has 3 N–H and O–H groups in total. The lowest BCUT2D eigenvalue weighted by Crippen LogP contribution is -2.37. The van der Waals surface area contributed by atoms with Gasteiger partial charge in [0.05, 0.1) is 24.0 Å². The van der Waals surface area contributed by atoms with E-state index in [-0.39, 0.29) is 40.9 Å². The monoisotopic (exact) mass is 264 g/mol. The lowest BCUT2D eigenvalue weighted by molar-refractivity contribution is -0.207. The average molecular weight is 264 g/mol. The fourth-order valence-electron chi connectivity index (χ4n) is 2.17. The predicted octanol–water partition coefficient (Wildman–Crippen LogP) is 0.985. The first-order valence-corrected chi connectivity index (χ1v) is 5.74. The molecule has 19 heavy (non-hydrogen) atoms. The molecule has 0 bridgehead atoms. The van der Waals surface area contributed by atoms with E-state index in [0.29, 0.717) is 11.3 Å². The van der Waals surface area contributed by atoms with Crippen molar-refractivity contribution in [3.8, 4) is 11.5 Å². The summed E-state index contributed by atoms with van der Waals surface area (Å²) in [5.41, 5.74) is 0.155. The third kappa shape index (κ3) is 1.85. The van der Waals surface area contributed by atoms with Crippen molar-refractivity contribution in [1.29, 1.82) is 0 Å². The Morgan fingerprint density at radius 2 is 1.95 bits per heavy atom. The van der Waals surface area contributed by atoms with Crippen LogP contribution in [-0.4, -0.2) is 21.1 Å². The van der Waals surface area contributed by atoms with Crippen molar-refractivity contribution in [2.24, 2.45) is 0 Å². The van der Waals surface area contributed by atoms with E-state index in [2.05, 4.69) is 0 Å². The molecule has 0 aliphatic carbocycles. The van der Waals surface area contributed by atoms with Gasteiger partial charge in [-0.25, -0.2) is 0 Å². The van der Waals surface area contributed by atoms with Gasteiger partial charge in [-0.05, 0) is 13.0 Å². The molecule has 1 aromatic carbocycles. The molecule has 0 spiro atoms. The Balaban J connectivity index is 2.31. The molecular formula is C13H12O6. The fourth-order valence-corrected chi connectivity index (χ4v) is 2.17. The summed E-state index contributed by atoms with van der Waals surface area (Å²) < 4.78 is 10.7. The van der Waals surface area contributed by atoms with E-state index in [1.807, 2.05) is 0 Å². The molecule has 6 heteroatoms. The van der Waals surface area contributed by atoms with Crippen molar-refractivity contribution in [3.63, 3.8) is 0 Å². The molecular weight excluding hydrogens is 252 g/mol. The molecule has 3 rings (SSSR count).